The van der Waals surface area contributed by atoms with Crippen LogP contribution in [0.2, 0.25) is 0 Å². The van der Waals surface area contributed by atoms with Crippen molar-refractivity contribution in [1.29, 1.82) is 0 Å². The van der Waals surface area contributed by atoms with Crippen LogP contribution in [0.25, 0.3) is 54.9 Å². The number of nitrogens with zero attached hydrogens (tertiary/aromatic N) is 1. The van der Waals surface area contributed by atoms with Gasteiger partial charge in [-0.2, -0.15) is 0 Å². The topological polar surface area (TPSA) is 12.9 Å². The molecule has 0 N–H and O–H groups in total. The molecule has 7 aromatic rings. The van der Waals surface area contributed by atoms with Crippen LogP contribution in [-0.4, -0.2) is 4.98 Å². The molecule has 5 aliphatic carbocycles. The Morgan fingerprint density at radius 3 is 1.71 bits per heavy atom. The minimum absolute atomic E-state index is 0.0644. The molecule has 0 unspecified atom stereocenters. The highest BCUT2D eigenvalue weighted by molar-refractivity contribution is 6.12. The van der Waals surface area contributed by atoms with Crippen molar-refractivity contribution in [1.82, 2.24) is 4.98 Å². The van der Waals surface area contributed by atoms with Crippen molar-refractivity contribution < 1.29 is 0 Å². The van der Waals surface area contributed by atoms with Gasteiger partial charge in [-0.05, 0) is 140 Å². The van der Waals surface area contributed by atoms with Crippen molar-refractivity contribution in [2.24, 2.45) is 23.7 Å². The van der Waals surface area contributed by atoms with E-state index in [0.29, 0.717) is 0 Å². The van der Waals surface area contributed by atoms with Gasteiger partial charge in [-0.3, -0.25) is 4.98 Å². The molecule has 4 saturated carbocycles. The van der Waals surface area contributed by atoms with E-state index < -0.39 is 0 Å². The number of hydrogen-bond acceptors (Lipinski definition) is 1. The predicted octanol–water partition coefficient (Wildman–Crippen LogP) is 12.8. The fourth-order valence-corrected chi connectivity index (χ4v) is 12.2. The Morgan fingerprint density at radius 2 is 1.00 bits per heavy atom. The summed E-state index contributed by atoms with van der Waals surface area (Å²) in [5.41, 5.74) is 14.1. The van der Waals surface area contributed by atoms with E-state index >= 15 is 0 Å². The van der Waals surface area contributed by atoms with Crippen molar-refractivity contribution >= 4 is 21.5 Å². The minimum atomic E-state index is -0.0644. The molecule has 0 saturated heterocycles. The molecule has 0 radical (unpaired) electrons. The van der Waals surface area contributed by atoms with E-state index in [1.807, 2.05) is 12.4 Å². The summed E-state index contributed by atoms with van der Waals surface area (Å²) in [6.45, 7) is 4.97. The Morgan fingerprint density at radius 1 is 0.451 bits per heavy atom. The first-order valence-corrected chi connectivity index (χ1v) is 19.2. The van der Waals surface area contributed by atoms with Gasteiger partial charge < -0.3 is 0 Å². The second-order valence-corrected chi connectivity index (χ2v) is 16.8. The van der Waals surface area contributed by atoms with Crippen LogP contribution in [0.15, 0.2) is 140 Å². The first-order valence-electron chi connectivity index (χ1n) is 19.2. The van der Waals surface area contributed by atoms with E-state index in [2.05, 4.69) is 146 Å². The molecule has 0 aliphatic heterocycles. The number of benzene rings is 6. The average Bonchev–Trinajstić information content (AvgIpc) is 3.17. The maximum absolute atomic E-state index is 4.57. The molecule has 6 aromatic carbocycles. The van der Waals surface area contributed by atoms with Crippen molar-refractivity contribution in [3.63, 3.8) is 0 Å². The van der Waals surface area contributed by atoms with Crippen LogP contribution in [0.3, 0.4) is 0 Å². The molecule has 51 heavy (non-hydrogen) atoms. The highest BCUT2D eigenvalue weighted by Gasteiger charge is 2.62. The molecule has 1 heterocycles. The van der Waals surface area contributed by atoms with Crippen LogP contribution in [0.5, 0.6) is 0 Å². The molecule has 1 nitrogen and oxygen atoms in total. The summed E-state index contributed by atoms with van der Waals surface area (Å²) in [7, 11) is 0. The van der Waals surface area contributed by atoms with Crippen LogP contribution in [0.1, 0.15) is 68.2 Å². The Bertz CT molecular complexity index is 2490. The van der Waals surface area contributed by atoms with Gasteiger partial charge in [0.15, 0.2) is 0 Å². The Hall–Kier alpha value is -5.01. The smallest absolute Gasteiger partial charge is 0.0352 e. The van der Waals surface area contributed by atoms with Crippen LogP contribution >= 0.6 is 0 Å². The summed E-state index contributed by atoms with van der Waals surface area (Å²) in [4.78, 5) is 4.57. The van der Waals surface area contributed by atoms with Crippen LogP contribution in [0.4, 0.5) is 0 Å². The average molecular weight is 658 g/mol. The van der Waals surface area contributed by atoms with E-state index in [1.54, 1.807) is 22.3 Å². The van der Waals surface area contributed by atoms with Crippen molar-refractivity contribution in [2.45, 2.75) is 56.8 Å². The van der Waals surface area contributed by atoms with E-state index in [0.717, 1.165) is 23.7 Å². The zero-order valence-electron chi connectivity index (χ0n) is 29.6. The number of aromatic nitrogens is 1. The van der Waals surface area contributed by atoms with Gasteiger partial charge in [-0.25, -0.2) is 0 Å². The summed E-state index contributed by atoms with van der Waals surface area (Å²) in [6, 6.07) is 48.5. The molecule has 0 amide bonds. The lowest BCUT2D eigenvalue weighted by Gasteiger charge is -2.64. The standard InChI is InChI=1S/C50H43N/c1-49(2)45-14-8-9-15-46(45)50(35-25-31-24-32(27-35)28-36(50)26-31)47-21-16-34(29-48(47)49)38-18-20-41(40-13-7-6-12-39(38)40)42-19-17-37(33-10-4-3-5-11-33)44-30-51-23-22-43(42)44/h3-23,29-32,35-36H,24-28H2,1-2H3. The highest BCUT2D eigenvalue weighted by atomic mass is 14.7. The maximum Gasteiger partial charge on any atom is 0.0352 e. The van der Waals surface area contributed by atoms with Gasteiger partial charge in [0.05, 0.1) is 0 Å². The first-order chi connectivity index (χ1) is 25.0. The van der Waals surface area contributed by atoms with Gasteiger partial charge >= 0.3 is 0 Å². The van der Waals surface area contributed by atoms with E-state index in [4.69, 9.17) is 0 Å². The normalized spacial score (nSPS) is 25.3. The van der Waals surface area contributed by atoms with Crippen molar-refractivity contribution in [3.8, 4) is 33.4 Å². The Balaban J connectivity index is 1.09. The third-order valence-electron chi connectivity index (χ3n) is 14.0. The third kappa shape index (κ3) is 4.07. The summed E-state index contributed by atoms with van der Waals surface area (Å²) in [6.07, 6.45) is 11.1. The first kappa shape index (κ1) is 29.7. The van der Waals surface area contributed by atoms with Crippen LogP contribution < -0.4 is 0 Å². The van der Waals surface area contributed by atoms with Crippen molar-refractivity contribution in [2.75, 3.05) is 0 Å². The third-order valence-corrected chi connectivity index (χ3v) is 14.0. The zero-order chi connectivity index (χ0) is 33.9. The summed E-state index contributed by atoms with van der Waals surface area (Å²) >= 11 is 0. The number of pyridine rings is 1. The van der Waals surface area contributed by atoms with Crippen LogP contribution in [0, 0.1) is 23.7 Å². The molecular formula is C50H43N. The zero-order valence-corrected chi connectivity index (χ0v) is 29.6. The fraction of sp³-hybridized carbons (Fsp3) is 0.260. The van der Waals surface area contributed by atoms with E-state index in [1.165, 1.54) is 87.0 Å². The van der Waals surface area contributed by atoms with Gasteiger partial charge in [0.25, 0.3) is 0 Å². The second kappa shape index (κ2) is 10.8. The van der Waals surface area contributed by atoms with Gasteiger partial charge in [0, 0.05) is 28.6 Å². The lowest BCUT2D eigenvalue weighted by Crippen LogP contribution is -2.58. The van der Waals surface area contributed by atoms with Gasteiger partial charge in [-0.1, -0.05) is 129 Å². The van der Waals surface area contributed by atoms with Gasteiger partial charge in [-0.15, -0.1) is 0 Å². The Labute approximate surface area is 301 Å². The highest BCUT2D eigenvalue weighted by Crippen LogP contribution is 2.68. The van der Waals surface area contributed by atoms with E-state index in [9.17, 15) is 0 Å². The predicted molar refractivity (Wildman–Crippen MR) is 212 cm³/mol. The number of rotatable bonds is 3. The largest absolute Gasteiger partial charge is 0.264 e. The van der Waals surface area contributed by atoms with Crippen LogP contribution in [-0.2, 0) is 10.8 Å². The summed E-state index contributed by atoms with van der Waals surface area (Å²) in [5, 5.41) is 5.02. The van der Waals surface area contributed by atoms with Gasteiger partial charge in [0.1, 0.15) is 0 Å². The molecule has 248 valence electrons. The lowest BCUT2D eigenvalue weighted by molar-refractivity contribution is -0.0443. The molecule has 1 spiro atoms. The molecule has 4 fully saturated rings. The fourth-order valence-electron chi connectivity index (χ4n) is 12.2. The monoisotopic (exact) mass is 657 g/mol. The van der Waals surface area contributed by atoms with Gasteiger partial charge in [0.2, 0.25) is 0 Å². The number of hydrogen-bond donors (Lipinski definition) is 0. The summed E-state index contributed by atoms with van der Waals surface area (Å²) < 4.78 is 0. The Kier molecular flexibility index (Phi) is 6.26. The molecule has 1 heteroatoms. The van der Waals surface area contributed by atoms with E-state index in [-0.39, 0.29) is 10.8 Å². The molecule has 5 aliphatic rings. The molecule has 0 atom stereocenters. The quantitative estimate of drug-likeness (QED) is 0.184. The molecule has 1 aromatic heterocycles. The lowest BCUT2D eigenvalue weighted by atomic mass is 9.39. The number of fused-ring (bicyclic) bond motifs is 4. The van der Waals surface area contributed by atoms with Crippen molar-refractivity contribution in [3.05, 3.63) is 162 Å². The molecule has 12 rings (SSSR count). The second-order valence-electron chi connectivity index (χ2n) is 16.8. The maximum atomic E-state index is 4.57. The minimum Gasteiger partial charge on any atom is -0.264 e. The summed E-state index contributed by atoms with van der Waals surface area (Å²) in [5.74, 6) is 3.40. The molecule has 4 bridgehead atoms. The molecular weight excluding hydrogens is 615 g/mol. The SMILES string of the molecule is CC1(C)c2ccccc2C2(c3ccc(-c4ccc(-c5ccc(-c6ccccc6)c6cnccc56)c5ccccc45)cc31)C1CC3CC(C1)CC2C3.